The summed E-state index contributed by atoms with van der Waals surface area (Å²) in [7, 11) is 0. The lowest BCUT2D eigenvalue weighted by molar-refractivity contribution is 0.417. The second kappa shape index (κ2) is 4.66. The van der Waals surface area contributed by atoms with Crippen LogP contribution in [0, 0.1) is 6.92 Å². The number of thiazole rings is 1. The third-order valence-electron chi connectivity index (χ3n) is 3.87. The fraction of sp³-hybridized carbons (Fsp3) is 0.267. The highest BCUT2D eigenvalue weighted by atomic mass is 32.1. The van der Waals surface area contributed by atoms with Gasteiger partial charge in [0.15, 0.2) is 11.0 Å². The fourth-order valence-electron chi connectivity index (χ4n) is 2.85. The second-order valence-electron chi connectivity index (χ2n) is 5.30. The van der Waals surface area contributed by atoms with E-state index in [9.17, 15) is 0 Å². The lowest BCUT2D eigenvalue weighted by atomic mass is 10.1. The highest BCUT2D eigenvalue weighted by Crippen LogP contribution is 2.35. The first-order valence-electron chi connectivity index (χ1n) is 6.84. The molecule has 6 heteroatoms. The largest absolute Gasteiger partial charge is 0.375 e. The summed E-state index contributed by atoms with van der Waals surface area (Å²) < 4.78 is 5.41. The molecule has 0 spiro atoms. The summed E-state index contributed by atoms with van der Waals surface area (Å²) in [5.41, 5.74) is 9.32. The molecule has 4 rings (SSSR count). The Balaban J connectivity index is 1.63. The number of fused-ring (bicyclic) bond motifs is 1. The number of aromatic nitrogens is 3. The monoisotopic (exact) mass is 298 g/mol. The van der Waals surface area contributed by atoms with E-state index in [0.29, 0.717) is 16.9 Å². The van der Waals surface area contributed by atoms with Gasteiger partial charge in [-0.25, -0.2) is 4.98 Å². The van der Waals surface area contributed by atoms with Gasteiger partial charge in [0.25, 0.3) is 5.89 Å². The van der Waals surface area contributed by atoms with E-state index in [-0.39, 0.29) is 0 Å². The van der Waals surface area contributed by atoms with E-state index in [1.165, 1.54) is 22.5 Å². The molecule has 0 atom stereocenters. The molecule has 2 heterocycles. The second-order valence-corrected chi connectivity index (χ2v) is 6.33. The maximum absolute atomic E-state index is 5.72. The Kier molecular flexibility index (Phi) is 2.78. The van der Waals surface area contributed by atoms with Gasteiger partial charge >= 0.3 is 0 Å². The number of aryl methyl sites for hydroxylation is 1. The minimum absolute atomic E-state index is 0.297. The zero-order chi connectivity index (χ0) is 14.4. The average molecular weight is 298 g/mol. The van der Waals surface area contributed by atoms with Crippen molar-refractivity contribution in [2.75, 3.05) is 5.73 Å². The molecule has 0 radical (unpaired) electrons. The maximum Gasteiger partial charge on any atom is 0.270 e. The molecule has 2 N–H and O–H groups in total. The van der Waals surface area contributed by atoms with Crippen LogP contribution in [0.3, 0.4) is 0 Å². The summed E-state index contributed by atoms with van der Waals surface area (Å²) in [6.07, 6.45) is 1.94. The molecule has 0 amide bonds. The maximum atomic E-state index is 5.72. The van der Waals surface area contributed by atoms with Crippen molar-refractivity contribution in [2.45, 2.75) is 25.7 Å². The van der Waals surface area contributed by atoms with Crippen LogP contribution in [-0.2, 0) is 12.8 Å². The molecular formula is C15H14N4OS. The Morgan fingerprint density at radius 2 is 1.90 bits per heavy atom. The van der Waals surface area contributed by atoms with Crippen LogP contribution in [0.4, 0.5) is 5.13 Å². The normalized spacial score (nSPS) is 14.5. The molecule has 0 bridgehead atoms. The average Bonchev–Trinajstić information content (AvgIpc) is 3.15. The number of nitrogens with zero attached hydrogens (tertiary/aromatic N) is 3. The van der Waals surface area contributed by atoms with E-state index in [0.717, 1.165) is 29.2 Å². The van der Waals surface area contributed by atoms with Gasteiger partial charge in [-0.3, -0.25) is 0 Å². The molecule has 1 aliphatic rings. The Morgan fingerprint density at radius 1 is 1.19 bits per heavy atom. The third-order valence-corrected chi connectivity index (χ3v) is 4.84. The predicted molar refractivity (Wildman–Crippen MR) is 81.1 cm³/mol. The SMILES string of the molecule is Cc1nc(N)sc1-c1nc(C2Cc3ccccc3C2)no1. The molecule has 21 heavy (non-hydrogen) atoms. The van der Waals surface area contributed by atoms with Gasteiger partial charge in [-0.15, -0.1) is 0 Å². The van der Waals surface area contributed by atoms with Gasteiger partial charge in [0.05, 0.1) is 5.69 Å². The fourth-order valence-corrected chi connectivity index (χ4v) is 3.61. The third kappa shape index (κ3) is 2.12. The highest BCUT2D eigenvalue weighted by Gasteiger charge is 2.27. The number of nitrogen functional groups attached to an aromatic ring is 1. The lowest BCUT2D eigenvalue weighted by Crippen LogP contribution is -2.00. The first kappa shape index (κ1) is 12.5. The molecule has 0 saturated heterocycles. The number of rotatable bonds is 2. The van der Waals surface area contributed by atoms with E-state index in [4.69, 9.17) is 10.3 Å². The van der Waals surface area contributed by atoms with Crippen molar-refractivity contribution in [3.05, 3.63) is 46.9 Å². The first-order chi connectivity index (χ1) is 10.2. The van der Waals surface area contributed by atoms with Crippen LogP contribution in [0.2, 0.25) is 0 Å². The summed E-state index contributed by atoms with van der Waals surface area (Å²) in [4.78, 5) is 9.61. The number of hydrogen-bond acceptors (Lipinski definition) is 6. The van der Waals surface area contributed by atoms with E-state index >= 15 is 0 Å². The molecule has 1 aromatic carbocycles. The van der Waals surface area contributed by atoms with E-state index in [1.54, 1.807) is 0 Å². The number of hydrogen-bond donors (Lipinski definition) is 1. The van der Waals surface area contributed by atoms with Crippen molar-refractivity contribution in [3.63, 3.8) is 0 Å². The highest BCUT2D eigenvalue weighted by molar-refractivity contribution is 7.18. The van der Waals surface area contributed by atoms with E-state index in [2.05, 4.69) is 39.4 Å². The van der Waals surface area contributed by atoms with Gasteiger partial charge in [0, 0.05) is 5.92 Å². The van der Waals surface area contributed by atoms with Crippen molar-refractivity contribution in [1.82, 2.24) is 15.1 Å². The summed E-state index contributed by atoms with van der Waals surface area (Å²) >= 11 is 1.38. The molecule has 0 fully saturated rings. The molecule has 0 saturated carbocycles. The van der Waals surface area contributed by atoms with Crippen LogP contribution in [-0.4, -0.2) is 15.1 Å². The van der Waals surface area contributed by atoms with Crippen molar-refractivity contribution in [1.29, 1.82) is 0 Å². The number of anilines is 1. The quantitative estimate of drug-likeness (QED) is 0.787. The van der Waals surface area contributed by atoms with Gasteiger partial charge in [0.1, 0.15) is 4.88 Å². The standard InChI is InChI=1S/C15H14N4OS/c1-8-12(21-15(16)17-8)14-18-13(19-20-14)11-6-9-4-2-3-5-10(9)7-11/h2-5,11H,6-7H2,1H3,(H2,16,17). The zero-order valence-corrected chi connectivity index (χ0v) is 12.4. The Bertz CT molecular complexity index is 783. The van der Waals surface area contributed by atoms with Gasteiger partial charge in [-0.1, -0.05) is 40.8 Å². The van der Waals surface area contributed by atoms with Crippen molar-refractivity contribution < 1.29 is 4.52 Å². The minimum atomic E-state index is 0.297. The van der Waals surface area contributed by atoms with E-state index < -0.39 is 0 Å². The van der Waals surface area contributed by atoms with Crippen LogP contribution in [0.15, 0.2) is 28.8 Å². The van der Waals surface area contributed by atoms with Crippen LogP contribution in [0.5, 0.6) is 0 Å². The smallest absolute Gasteiger partial charge is 0.270 e. The molecule has 0 aliphatic heterocycles. The number of nitrogens with two attached hydrogens (primary N) is 1. The summed E-state index contributed by atoms with van der Waals surface area (Å²) in [6, 6.07) is 8.49. The molecule has 1 aliphatic carbocycles. The molecule has 0 unspecified atom stereocenters. The van der Waals surface area contributed by atoms with Gasteiger partial charge in [-0.05, 0) is 30.9 Å². The van der Waals surface area contributed by atoms with Crippen molar-refractivity contribution >= 4 is 16.5 Å². The topological polar surface area (TPSA) is 77.8 Å². The summed E-state index contributed by atoms with van der Waals surface area (Å²) in [6.45, 7) is 1.90. The summed E-state index contributed by atoms with van der Waals surface area (Å²) in [5.74, 6) is 1.59. The van der Waals surface area contributed by atoms with Crippen LogP contribution < -0.4 is 5.73 Å². The molecule has 106 valence electrons. The van der Waals surface area contributed by atoms with Gasteiger partial charge in [-0.2, -0.15) is 4.98 Å². The molecule has 5 nitrogen and oxygen atoms in total. The summed E-state index contributed by atoms with van der Waals surface area (Å²) in [5, 5.41) is 4.68. The van der Waals surface area contributed by atoms with Gasteiger partial charge < -0.3 is 10.3 Å². The van der Waals surface area contributed by atoms with Crippen LogP contribution in [0.25, 0.3) is 10.8 Å². The molecule has 3 aromatic rings. The Hall–Kier alpha value is -2.21. The van der Waals surface area contributed by atoms with Crippen LogP contribution >= 0.6 is 11.3 Å². The van der Waals surface area contributed by atoms with Crippen molar-refractivity contribution in [3.8, 4) is 10.8 Å². The molecular weight excluding hydrogens is 284 g/mol. The molecule has 2 aromatic heterocycles. The predicted octanol–water partition coefficient (Wildman–Crippen LogP) is 2.97. The Labute approximate surface area is 125 Å². The zero-order valence-electron chi connectivity index (χ0n) is 11.5. The lowest BCUT2D eigenvalue weighted by Gasteiger charge is -2.00. The number of benzene rings is 1. The minimum Gasteiger partial charge on any atom is -0.375 e. The Morgan fingerprint density at radius 3 is 2.52 bits per heavy atom. The van der Waals surface area contributed by atoms with Crippen LogP contribution in [0.1, 0.15) is 28.6 Å². The van der Waals surface area contributed by atoms with Crippen molar-refractivity contribution in [2.24, 2.45) is 0 Å². The van der Waals surface area contributed by atoms with E-state index in [1.807, 2.05) is 6.92 Å². The van der Waals surface area contributed by atoms with Gasteiger partial charge in [0.2, 0.25) is 0 Å². The first-order valence-corrected chi connectivity index (χ1v) is 7.66.